The zero-order chi connectivity index (χ0) is 23.8. The molecule has 0 atom stereocenters. The molecule has 0 amide bonds. The van der Waals surface area contributed by atoms with Crippen LogP contribution < -0.4 is 5.32 Å². The first-order valence-electron chi connectivity index (χ1n) is 10.8. The van der Waals surface area contributed by atoms with Crippen LogP contribution in [0.3, 0.4) is 0 Å². The van der Waals surface area contributed by atoms with Crippen molar-refractivity contribution in [3.63, 3.8) is 0 Å². The van der Waals surface area contributed by atoms with Gasteiger partial charge >= 0.3 is 0 Å². The van der Waals surface area contributed by atoms with Crippen LogP contribution in [0.5, 0.6) is 5.75 Å². The van der Waals surface area contributed by atoms with Crippen LogP contribution >= 0.6 is 0 Å². The van der Waals surface area contributed by atoms with Crippen molar-refractivity contribution >= 4 is 17.7 Å². The van der Waals surface area contributed by atoms with Gasteiger partial charge in [0.15, 0.2) is 17.4 Å². The normalized spacial score (nSPS) is 12.2. The smallest absolute Gasteiger partial charge is 0.196 e. The number of aromatic hydroxyl groups is 1. The van der Waals surface area contributed by atoms with Crippen molar-refractivity contribution in [3.05, 3.63) is 64.9 Å². The molecule has 5 rings (SSSR count). The molecular formula is C24H22N8O2. The van der Waals surface area contributed by atoms with Gasteiger partial charge in [-0.15, -0.1) is 0 Å². The molecule has 0 saturated heterocycles. The summed E-state index contributed by atoms with van der Waals surface area (Å²) < 4.78 is 8.98. The molecule has 170 valence electrons. The largest absolute Gasteiger partial charge is 0.503 e. The quantitative estimate of drug-likeness (QED) is 0.452. The lowest BCUT2D eigenvalue weighted by Crippen LogP contribution is -2.05. The Morgan fingerprint density at radius 3 is 2.71 bits per heavy atom. The SMILES string of the molecule is CCOC1=Cc2nn(-c3cc(Nc4nn(C)c(-c5ccc(C#N)cc5)c4O)ncn3)c(C)c2C1. The van der Waals surface area contributed by atoms with Gasteiger partial charge in [0.25, 0.3) is 0 Å². The van der Waals surface area contributed by atoms with Crippen molar-refractivity contribution < 1.29 is 9.84 Å². The highest BCUT2D eigenvalue weighted by molar-refractivity contribution is 5.75. The molecule has 0 unspecified atom stereocenters. The van der Waals surface area contributed by atoms with Gasteiger partial charge in [0.2, 0.25) is 0 Å². The highest BCUT2D eigenvalue weighted by Gasteiger charge is 2.23. The molecule has 1 aliphatic carbocycles. The number of benzene rings is 1. The minimum absolute atomic E-state index is 0.0183. The van der Waals surface area contributed by atoms with Crippen molar-refractivity contribution in [2.45, 2.75) is 20.3 Å². The molecule has 34 heavy (non-hydrogen) atoms. The fourth-order valence-corrected chi connectivity index (χ4v) is 4.05. The molecule has 2 N–H and O–H groups in total. The molecule has 0 aliphatic heterocycles. The zero-order valence-corrected chi connectivity index (χ0v) is 18.9. The molecule has 1 aliphatic rings. The van der Waals surface area contributed by atoms with Crippen LogP contribution in [0.4, 0.5) is 11.6 Å². The second-order valence-electron chi connectivity index (χ2n) is 7.83. The summed E-state index contributed by atoms with van der Waals surface area (Å²) in [5, 5.41) is 32.0. The number of nitrogens with zero attached hydrogens (tertiary/aromatic N) is 7. The minimum Gasteiger partial charge on any atom is -0.503 e. The number of aryl methyl sites for hydroxylation is 1. The number of aromatic nitrogens is 6. The average Bonchev–Trinajstić information content (AvgIpc) is 3.46. The summed E-state index contributed by atoms with van der Waals surface area (Å²) in [5.74, 6) is 2.22. The summed E-state index contributed by atoms with van der Waals surface area (Å²) >= 11 is 0. The number of hydrogen-bond donors (Lipinski definition) is 2. The van der Waals surface area contributed by atoms with Gasteiger partial charge in [0.05, 0.1) is 23.9 Å². The maximum atomic E-state index is 10.8. The average molecular weight is 454 g/mol. The molecule has 4 aromatic rings. The van der Waals surface area contributed by atoms with E-state index in [0.717, 1.165) is 28.3 Å². The third-order valence-electron chi connectivity index (χ3n) is 5.68. The van der Waals surface area contributed by atoms with Gasteiger partial charge in [-0.2, -0.15) is 15.5 Å². The van der Waals surface area contributed by atoms with Crippen LogP contribution in [0.25, 0.3) is 23.2 Å². The first-order valence-corrected chi connectivity index (χ1v) is 10.8. The van der Waals surface area contributed by atoms with Crippen LogP contribution in [0.2, 0.25) is 0 Å². The first kappa shape index (κ1) is 21.2. The molecular weight excluding hydrogens is 432 g/mol. The van der Waals surface area contributed by atoms with E-state index >= 15 is 0 Å². The zero-order valence-electron chi connectivity index (χ0n) is 18.9. The highest BCUT2D eigenvalue weighted by atomic mass is 16.5. The van der Waals surface area contributed by atoms with Crippen molar-refractivity contribution in [1.82, 2.24) is 29.5 Å². The van der Waals surface area contributed by atoms with E-state index in [2.05, 4.69) is 31.6 Å². The first-order chi connectivity index (χ1) is 16.5. The minimum atomic E-state index is -0.0183. The number of rotatable bonds is 6. The number of nitrogens with one attached hydrogen (secondary N) is 1. The van der Waals surface area contributed by atoms with Crippen molar-refractivity contribution in [2.75, 3.05) is 11.9 Å². The summed E-state index contributed by atoms with van der Waals surface area (Å²) in [6, 6.07) is 10.8. The third-order valence-corrected chi connectivity index (χ3v) is 5.68. The molecule has 3 heterocycles. The van der Waals surface area contributed by atoms with E-state index in [1.165, 1.54) is 6.33 Å². The monoisotopic (exact) mass is 454 g/mol. The van der Waals surface area contributed by atoms with E-state index in [4.69, 9.17) is 10.00 Å². The van der Waals surface area contributed by atoms with Crippen LogP contribution in [0.1, 0.15) is 29.4 Å². The molecule has 0 saturated carbocycles. The molecule has 0 spiro atoms. The van der Waals surface area contributed by atoms with Gasteiger partial charge in [0, 0.05) is 42.4 Å². The van der Waals surface area contributed by atoms with Crippen molar-refractivity contribution in [3.8, 4) is 28.9 Å². The molecule has 10 heteroatoms. The topological polar surface area (TPSA) is 127 Å². The van der Waals surface area contributed by atoms with Crippen molar-refractivity contribution in [2.24, 2.45) is 7.05 Å². The van der Waals surface area contributed by atoms with E-state index in [1.807, 2.05) is 19.9 Å². The summed E-state index contributed by atoms with van der Waals surface area (Å²) in [6.45, 7) is 4.59. The molecule has 1 aromatic carbocycles. The Morgan fingerprint density at radius 1 is 1.21 bits per heavy atom. The van der Waals surface area contributed by atoms with Gasteiger partial charge in [-0.25, -0.2) is 14.6 Å². The number of allylic oxidation sites excluding steroid dienone is 1. The van der Waals surface area contributed by atoms with Gasteiger partial charge < -0.3 is 15.2 Å². The van der Waals surface area contributed by atoms with Crippen molar-refractivity contribution in [1.29, 1.82) is 5.26 Å². The second kappa shape index (κ2) is 8.37. The molecule has 10 nitrogen and oxygen atoms in total. The summed E-state index contributed by atoms with van der Waals surface area (Å²) in [7, 11) is 1.74. The van der Waals surface area contributed by atoms with E-state index in [-0.39, 0.29) is 11.6 Å². The fraction of sp³-hybridized carbons (Fsp3) is 0.208. The van der Waals surface area contributed by atoms with Gasteiger partial charge in [-0.3, -0.25) is 4.68 Å². The predicted octanol–water partition coefficient (Wildman–Crippen LogP) is 3.63. The molecule has 3 aromatic heterocycles. The summed E-state index contributed by atoms with van der Waals surface area (Å²) in [6.07, 6.45) is 4.11. The van der Waals surface area contributed by atoms with Gasteiger partial charge in [0.1, 0.15) is 23.6 Å². The standard InChI is InChI=1S/C24H22N8O2/c1-4-34-17-9-18-14(2)32(29-19(18)10-17)21-11-20(26-13-27-21)28-24-23(33)22(31(3)30-24)16-7-5-15(12-25)6-8-16/h5-8,10-11,13,33H,4,9H2,1-3H3,(H,26,27,28,30). The number of anilines is 2. The number of hydrogen-bond acceptors (Lipinski definition) is 8. The molecule has 0 bridgehead atoms. The summed E-state index contributed by atoms with van der Waals surface area (Å²) in [5.41, 5.74) is 4.78. The Bertz CT molecular complexity index is 1460. The second-order valence-corrected chi connectivity index (χ2v) is 7.83. The Hall–Kier alpha value is -4.65. The van der Waals surface area contributed by atoms with E-state index in [9.17, 15) is 5.11 Å². The van der Waals surface area contributed by atoms with Crippen LogP contribution in [-0.2, 0) is 18.2 Å². The Labute approximate surface area is 195 Å². The fourth-order valence-electron chi connectivity index (χ4n) is 4.05. The maximum Gasteiger partial charge on any atom is 0.196 e. The van der Waals surface area contributed by atoms with E-state index in [0.29, 0.717) is 35.9 Å². The van der Waals surface area contributed by atoms with Crippen LogP contribution in [0.15, 0.2) is 42.4 Å². The lowest BCUT2D eigenvalue weighted by atomic mass is 10.1. The maximum absolute atomic E-state index is 10.8. The highest BCUT2D eigenvalue weighted by Crippen LogP contribution is 2.36. The number of nitriles is 1. The van der Waals surface area contributed by atoms with Gasteiger partial charge in [-0.1, -0.05) is 12.1 Å². The van der Waals surface area contributed by atoms with E-state index < -0.39 is 0 Å². The Morgan fingerprint density at radius 2 is 2.00 bits per heavy atom. The summed E-state index contributed by atoms with van der Waals surface area (Å²) in [4.78, 5) is 8.65. The molecule has 0 fully saturated rings. The Balaban J connectivity index is 1.43. The van der Waals surface area contributed by atoms with E-state index in [1.54, 1.807) is 46.7 Å². The van der Waals surface area contributed by atoms with Crippen LogP contribution in [-0.4, -0.2) is 41.2 Å². The number of fused-ring (bicyclic) bond motifs is 1. The Kier molecular flexibility index (Phi) is 5.22. The number of ether oxygens (including phenoxy) is 1. The van der Waals surface area contributed by atoms with Crippen LogP contribution in [0, 0.1) is 18.3 Å². The third kappa shape index (κ3) is 3.63. The lowest BCUT2D eigenvalue weighted by molar-refractivity contribution is 0.228. The predicted molar refractivity (Wildman–Crippen MR) is 126 cm³/mol. The van der Waals surface area contributed by atoms with Gasteiger partial charge in [-0.05, 0) is 26.0 Å². The molecule has 0 radical (unpaired) electrons. The lowest BCUT2D eigenvalue weighted by Gasteiger charge is -2.08.